The monoisotopic (exact) mass is 464 g/mol. The fraction of sp³-hybridized carbons (Fsp3) is 0.207. The summed E-state index contributed by atoms with van der Waals surface area (Å²) < 4.78 is 5.48. The molecule has 5 rings (SSSR count). The number of nitrogens with two attached hydrogens (primary N) is 1. The Morgan fingerprint density at radius 3 is 2.66 bits per heavy atom. The lowest BCUT2D eigenvalue weighted by Gasteiger charge is -2.34. The van der Waals surface area contributed by atoms with Crippen molar-refractivity contribution in [2.24, 2.45) is 0 Å². The zero-order valence-electron chi connectivity index (χ0n) is 19.7. The lowest BCUT2D eigenvalue weighted by molar-refractivity contribution is 0.103. The second kappa shape index (κ2) is 9.97. The predicted molar refractivity (Wildman–Crippen MR) is 139 cm³/mol. The lowest BCUT2D eigenvalue weighted by atomic mass is 9.90. The first-order valence-corrected chi connectivity index (χ1v) is 11.8. The number of carbonyl (C=O) groups excluding carboxylic acids is 1. The van der Waals surface area contributed by atoms with Crippen LogP contribution in [0.15, 0.2) is 85.1 Å². The molecule has 1 aliphatic rings. The third-order valence-electron chi connectivity index (χ3n) is 6.56. The molecule has 3 heterocycles. The third kappa shape index (κ3) is 4.73. The number of para-hydroxylation sites is 1. The highest BCUT2D eigenvalue weighted by atomic mass is 16.5. The Labute approximate surface area is 205 Å². The molecule has 1 fully saturated rings. The van der Waals surface area contributed by atoms with Gasteiger partial charge in [-0.2, -0.15) is 0 Å². The summed E-state index contributed by atoms with van der Waals surface area (Å²) in [5, 5.41) is 0. The molecule has 2 aromatic carbocycles. The average molecular weight is 465 g/mol. The van der Waals surface area contributed by atoms with Gasteiger partial charge >= 0.3 is 0 Å². The van der Waals surface area contributed by atoms with Gasteiger partial charge in [0.1, 0.15) is 23.1 Å². The largest absolute Gasteiger partial charge is 0.496 e. The number of ether oxygens (including phenoxy) is 1. The molecule has 6 nitrogen and oxygen atoms in total. The second-order valence-corrected chi connectivity index (χ2v) is 8.76. The van der Waals surface area contributed by atoms with Gasteiger partial charge in [-0.1, -0.05) is 54.6 Å². The number of nitrogen functional groups attached to an aromatic ring is 1. The summed E-state index contributed by atoms with van der Waals surface area (Å²) in [6, 6.07) is 25.6. The van der Waals surface area contributed by atoms with Crippen molar-refractivity contribution in [3.8, 4) is 16.9 Å². The van der Waals surface area contributed by atoms with Gasteiger partial charge < -0.3 is 15.4 Å². The summed E-state index contributed by atoms with van der Waals surface area (Å²) in [7, 11) is 1.62. The lowest BCUT2D eigenvalue weighted by Crippen LogP contribution is -2.35. The molecular formula is C29H28N4O2. The van der Waals surface area contributed by atoms with Gasteiger partial charge in [0.2, 0.25) is 5.78 Å². The maximum absolute atomic E-state index is 13.5. The molecule has 2 N–H and O–H groups in total. The van der Waals surface area contributed by atoms with E-state index in [-0.39, 0.29) is 11.6 Å². The molecule has 1 atom stereocenters. The van der Waals surface area contributed by atoms with Crippen LogP contribution in [0.3, 0.4) is 0 Å². The molecule has 1 unspecified atom stereocenters. The van der Waals surface area contributed by atoms with Gasteiger partial charge in [-0.05, 0) is 42.7 Å². The Hall–Kier alpha value is -4.19. The second-order valence-electron chi connectivity index (χ2n) is 8.76. The minimum Gasteiger partial charge on any atom is -0.496 e. The number of benzene rings is 2. The van der Waals surface area contributed by atoms with Crippen LogP contribution in [0, 0.1) is 0 Å². The smallest absolute Gasteiger partial charge is 0.215 e. The maximum Gasteiger partial charge on any atom is 0.215 e. The van der Waals surface area contributed by atoms with Crippen LogP contribution in [0.4, 0.5) is 11.6 Å². The van der Waals surface area contributed by atoms with Crippen LogP contribution in [-0.4, -0.2) is 36.0 Å². The van der Waals surface area contributed by atoms with Crippen molar-refractivity contribution in [3.63, 3.8) is 0 Å². The summed E-state index contributed by atoms with van der Waals surface area (Å²) in [5.41, 5.74) is 9.78. The fourth-order valence-electron chi connectivity index (χ4n) is 4.73. The summed E-state index contributed by atoms with van der Waals surface area (Å²) in [4.78, 5) is 24.8. The van der Waals surface area contributed by atoms with Crippen molar-refractivity contribution in [2.45, 2.75) is 18.8 Å². The molecule has 0 aliphatic carbocycles. The molecule has 0 bridgehead atoms. The number of nitrogens with zero attached hydrogens (tertiary/aromatic N) is 3. The first kappa shape index (κ1) is 22.6. The third-order valence-corrected chi connectivity index (χ3v) is 6.56. The Morgan fingerprint density at radius 1 is 1.03 bits per heavy atom. The molecule has 35 heavy (non-hydrogen) atoms. The Bertz CT molecular complexity index is 1340. The van der Waals surface area contributed by atoms with Crippen LogP contribution in [0.25, 0.3) is 11.1 Å². The van der Waals surface area contributed by atoms with Gasteiger partial charge in [-0.15, -0.1) is 0 Å². The minimum absolute atomic E-state index is 0.183. The van der Waals surface area contributed by atoms with Gasteiger partial charge in [0.15, 0.2) is 0 Å². The van der Waals surface area contributed by atoms with Gasteiger partial charge in [-0.3, -0.25) is 4.79 Å². The number of anilines is 2. The van der Waals surface area contributed by atoms with Crippen LogP contribution >= 0.6 is 0 Å². The summed E-state index contributed by atoms with van der Waals surface area (Å²) in [5.74, 6) is 1.90. The molecule has 0 spiro atoms. The van der Waals surface area contributed by atoms with E-state index in [2.05, 4.69) is 34.1 Å². The number of piperidine rings is 1. The van der Waals surface area contributed by atoms with Crippen molar-refractivity contribution in [2.75, 3.05) is 30.8 Å². The van der Waals surface area contributed by atoms with Crippen LogP contribution in [0.1, 0.15) is 40.4 Å². The van der Waals surface area contributed by atoms with Crippen LogP contribution in [0.5, 0.6) is 5.75 Å². The number of hydrogen-bond acceptors (Lipinski definition) is 6. The molecule has 1 saturated heterocycles. The van der Waals surface area contributed by atoms with E-state index in [9.17, 15) is 4.79 Å². The predicted octanol–water partition coefficient (Wildman–Crippen LogP) is 5.35. The van der Waals surface area contributed by atoms with E-state index in [1.54, 1.807) is 25.4 Å². The molecule has 0 amide bonds. The molecular weight excluding hydrogens is 436 g/mol. The van der Waals surface area contributed by atoms with Crippen molar-refractivity contribution < 1.29 is 9.53 Å². The molecule has 0 saturated carbocycles. The van der Waals surface area contributed by atoms with E-state index < -0.39 is 0 Å². The summed E-state index contributed by atoms with van der Waals surface area (Å²) >= 11 is 0. The van der Waals surface area contributed by atoms with E-state index in [4.69, 9.17) is 15.5 Å². The van der Waals surface area contributed by atoms with Crippen molar-refractivity contribution >= 4 is 17.4 Å². The zero-order chi connectivity index (χ0) is 24.2. The molecule has 2 aromatic heterocycles. The van der Waals surface area contributed by atoms with Crippen LogP contribution in [-0.2, 0) is 0 Å². The fourth-order valence-corrected chi connectivity index (χ4v) is 4.73. The maximum atomic E-state index is 13.5. The topological polar surface area (TPSA) is 81.3 Å². The van der Waals surface area contributed by atoms with Gasteiger partial charge in [0.25, 0.3) is 0 Å². The van der Waals surface area contributed by atoms with Gasteiger partial charge in [0, 0.05) is 36.3 Å². The molecule has 4 aromatic rings. The van der Waals surface area contributed by atoms with Gasteiger partial charge in [-0.25, -0.2) is 9.97 Å². The van der Waals surface area contributed by atoms with E-state index in [0.29, 0.717) is 22.9 Å². The highest BCUT2D eigenvalue weighted by Gasteiger charge is 2.24. The number of ketones is 1. The standard InChI is InChI=1S/C29H28N4O2/c1-35-26-14-6-5-12-23(26)22-17-24(29(30)31-18-22)28(34)25-13-7-15-27(32-25)33-16-8-11-21(19-33)20-9-3-2-4-10-20/h2-7,9-10,12-15,17-18,21H,8,11,16,19H2,1H3,(H2,30,31). The number of pyridine rings is 2. The first-order chi connectivity index (χ1) is 17.1. The van der Waals surface area contributed by atoms with Crippen molar-refractivity contribution in [3.05, 3.63) is 102 Å². The SMILES string of the molecule is COc1ccccc1-c1cnc(N)c(C(=O)c2cccc(N3CCCC(c4ccccc4)C3)n2)c1. The Morgan fingerprint density at radius 2 is 1.83 bits per heavy atom. The Balaban J connectivity index is 1.42. The first-order valence-electron chi connectivity index (χ1n) is 11.8. The molecule has 176 valence electrons. The highest BCUT2D eigenvalue weighted by molar-refractivity contribution is 6.11. The van der Waals surface area contributed by atoms with E-state index in [0.717, 1.165) is 42.9 Å². The number of hydrogen-bond donors (Lipinski definition) is 1. The van der Waals surface area contributed by atoms with Crippen LogP contribution < -0.4 is 15.4 Å². The quantitative estimate of drug-likeness (QED) is 0.388. The molecule has 6 heteroatoms. The van der Waals surface area contributed by atoms with Gasteiger partial charge in [0.05, 0.1) is 12.7 Å². The number of rotatable bonds is 6. The van der Waals surface area contributed by atoms with E-state index in [1.807, 2.05) is 42.5 Å². The van der Waals surface area contributed by atoms with Crippen molar-refractivity contribution in [1.29, 1.82) is 0 Å². The van der Waals surface area contributed by atoms with Crippen LogP contribution in [0.2, 0.25) is 0 Å². The Kier molecular flexibility index (Phi) is 6.44. The highest BCUT2D eigenvalue weighted by Crippen LogP contribution is 2.32. The summed E-state index contributed by atoms with van der Waals surface area (Å²) in [6.45, 7) is 1.79. The summed E-state index contributed by atoms with van der Waals surface area (Å²) in [6.07, 6.45) is 3.89. The van der Waals surface area contributed by atoms with E-state index >= 15 is 0 Å². The number of carbonyl (C=O) groups is 1. The number of aromatic nitrogens is 2. The van der Waals surface area contributed by atoms with Crippen molar-refractivity contribution in [1.82, 2.24) is 9.97 Å². The average Bonchev–Trinajstić information content (AvgIpc) is 2.93. The number of methoxy groups -OCH3 is 1. The zero-order valence-corrected chi connectivity index (χ0v) is 19.7. The van der Waals surface area contributed by atoms with E-state index in [1.165, 1.54) is 5.56 Å². The minimum atomic E-state index is -0.245. The molecule has 0 radical (unpaired) electrons. The molecule has 1 aliphatic heterocycles. The normalized spacial score (nSPS) is 15.6.